The third-order valence-electron chi connectivity index (χ3n) is 3.43. The van der Waals surface area contributed by atoms with Crippen LogP contribution in [0.1, 0.15) is 44.6 Å². The van der Waals surface area contributed by atoms with E-state index in [1.54, 1.807) is 24.3 Å². The van der Waals surface area contributed by atoms with Gasteiger partial charge >= 0.3 is 5.97 Å². The van der Waals surface area contributed by atoms with Crippen LogP contribution in [-0.2, 0) is 9.59 Å². The lowest BCUT2D eigenvalue weighted by molar-refractivity contribution is -0.141. The van der Waals surface area contributed by atoms with Gasteiger partial charge < -0.3 is 15.7 Å². The summed E-state index contributed by atoms with van der Waals surface area (Å²) >= 11 is 0. The van der Waals surface area contributed by atoms with Gasteiger partial charge in [0.2, 0.25) is 5.91 Å². The molecule has 1 amide bonds. The quantitative estimate of drug-likeness (QED) is 0.575. The Balaban J connectivity index is 2.51. The van der Waals surface area contributed by atoms with E-state index in [4.69, 9.17) is 5.26 Å². The minimum absolute atomic E-state index is 0.178. The first-order valence-electron chi connectivity index (χ1n) is 7.83. The number of carboxylic acids is 1. The molecule has 0 aromatic heterocycles. The molecule has 0 unspecified atom stereocenters. The molecule has 23 heavy (non-hydrogen) atoms. The Labute approximate surface area is 136 Å². The highest BCUT2D eigenvalue weighted by Gasteiger charge is 2.20. The zero-order chi connectivity index (χ0) is 17.1. The molecule has 0 radical (unpaired) electrons. The normalized spacial score (nSPS) is 11.5. The molecule has 124 valence electrons. The molecule has 1 aromatic rings. The molecule has 3 N–H and O–H groups in total. The molecule has 1 atom stereocenters. The average Bonchev–Trinajstić information content (AvgIpc) is 2.53. The monoisotopic (exact) mass is 317 g/mol. The van der Waals surface area contributed by atoms with Gasteiger partial charge in [0.1, 0.15) is 12.1 Å². The number of aliphatic carboxylic acids is 1. The predicted octanol–water partition coefficient (Wildman–Crippen LogP) is 2.51. The lowest BCUT2D eigenvalue weighted by Crippen LogP contribution is -2.40. The second-order valence-electron chi connectivity index (χ2n) is 5.32. The van der Waals surface area contributed by atoms with Crippen LogP contribution in [0.2, 0.25) is 0 Å². The van der Waals surface area contributed by atoms with Crippen molar-refractivity contribution in [1.82, 2.24) is 5.32 Å². The number of carboxylic acid groups (broad SMARTS) is 1. The summed E-state index contributed by atoms with van der Waals surface area (Å²) in [6, 6.07) is 7.67. The van der Waals surface area contributed by atoms with Crippen LogP contribution in [0.25, 0.3) is 0 Å². The van der Waals surface area contributed by atoms with Crippen LogP contribution in [0.4, 0.5) is 5.69 Å². The van der Waals surface area contributed by atoms with Crippen LogP contribution >= 0.6 is 0 Å². The van der Waals surface area contributed by atoms with Crippen LogP contribution < -0.4 is 10.6 Å². The summed E-state index contributed by atoms with van der Waals surface area (Å²) in [6.07, 6.45) is 3.98. The van der Waals surface area contributed by atoms with Gasteiger partial charge in [-0.25, -0.2) is 0 Å². The van der Waals surface area contributed by atoms with E-state index in [0.29, 0.717) is 17.8 Å². The summed E-state index contributed by atoms with van der Waals surface area (Å²) in [5, 5.41) is 23.7. The van der Waals surface area contributed by atoms with E-state index >= 15 is 0 Å². The molecular weight excluding hydrogens is 294 g/mol. The van der Waals surface area contributed by atoms with E-state index < -0.39 is 17.9 Å². The summed E-state index contributed by atoms with van der Waals surface area (Å²) in [6.45, 7) is 2.68. The molecule has 0 aliphatic rings. The van der Waals surface area contributed by atoms with Gasteiger partial charge in [-0.3, -0.25) is 9.59 Å². The van der Waals surface area contributed by atoms with Crippen molar-refractivity contribution in [3.05, 3.63) is 29.8 Å². The van der Waals surface area contributed by atoms with Crippen molar-refractivity contribution in [2.24, 2.45) is 0 Å². The Hall–Kier alpha value is -2.39. The number of hydrogen-bond donors (Lipinski definition) is 3. The SMILES string of the molecule is CCCCCCN[C@H](CC(=O)Nc1ccccc1C#N)C(=O)O. The first kappa shape index (κ1) is 18.7. The number of hydrogen-bond acceptors (Lipinski definition) is 4. The molecule has 0 saturated heterocycles. The number of nitrogens with one attached hydrogen (secondary N) is 2. The van der Waals surface area contributed by atoms with Gasteiger partial charge in [-0.1, -0.05) is 38.3 Å². The standard InChI is InChI=1S/C17H23N3O3/c1-2-3-4-7-10-19-15(17(22)23)11-16(21)20-14-9-6-5-8-13(14)12-18/h5-6,8-9,15,19H,2-4,7,10-11H2,1H3,(H,20,21)(H,22,23)/t15-/m1/s1. The van der Waals surface area contributed by atoms with Crippen LogP contribution in [0.15, 0.2) is 24.3 Å². The topological polar surface area (TPSA) is 102 Å². The largest absolute Gasteiger partial charge is 0.480 e. The Bertz CT molecular complexity index is 566. The van der Waals surface area contributed by atoms with Crippen molar-refractivity contribution in [3.8, 4) is 6.07 Å². The fourth-order valence-corrected chi connectivity index (χ4v) is 2.15. The average molecular weight is 317 g/mol. The molecule has 0 heterocycles. The highest BCUT2D eigenvalue weighted by molar-refractivity contribution is 5.95. The van der Waals surface area contributed by atoms with Gasteiger partial charge in [-0.15, -0.1) is 0 Å². The zero-order valence-corrected chi connectivity index (χ0v) is 13.3. The van der Waals surface area contributed by atoms with E-state index in [1.165, 1.54) is 0 Å². The Morgan fingerprint density at radius 1 is 1.26 bits per heavy atom. The number of nitriles is 1. The van der Waals surface area contributed by atoms with E-state index in [-0.39, 0.29) is 6.42 Å². The second-order valence-corrected chi connectivity index (χ2v) is 5.32. The van der Waals surface area contributed by atoms with Crippen LogP contribution in [0, 0.1) is 11.3 Å². The van der Waals surface area contributed by atoms with E-state index in [9.17, 15) is 14.7 Å². The van der Waals surface area contributed by atoms with E-state index in [2.05, 4.69) is 17.6 Å². The molecule has 6 heteroatoms. The number of amides is 1. The molecule has 0 fully saturated rings. The minimum atomic E-state index is -1.05. The lowest BCUT2D eigenvalue weighted by Gasteiger charge is -2.14. The van der Waals surface area contributed by atoms with Crippen molar-refractivity contribution in [2.45, 2.75) is 45.1 Å². The molecule has 0 saturated carbocycles. The van der Waals surface area contributed by atoms with Gasteiger partial charge in [0, 0.05) is 0 Å². The summed E-state index contributed by atoms with van der Waals surface area (Å²) in [4.78, 5) is 23.2. The van der Waals surface area contributed by atoms with Crippen molar-refractivity contribution in [1.29, 1.82) is 5.26 Å². The summed E-state index contributed by atoms with van der Waals surface area (Å²) in [5.74, 6) is -1.48. The first-order chi connectivity index (χ1) is 11.1. The molecule has 0 aliphatic heterocycles. The molecule has 0 bridgehead atoms. The molecular formula is C17H23N3O3. The van der Waals surface area contributed by atoms with Gasteiger partial charge in [0.25, 0.3) is 0 Å². The first-order valence-corrected chi connectivity index (χ1v) is 7.83. The summed E-state index contributed by atoms with van der Waals surface area (Å²) in [5.41, 5.74) is 0.743. The number of unbranched alkanes of at least 4 members (excludes halogenated alkanes) is 3. The third kappa shape index (κ3) is 6.94. The maximum absolute atomic E-state index is 12.0. The maximum Gasteiger partial charge on any atom is 0.321 e. The maximum atomic E-state index is 12.0. The number of carbonyl (C=O) groups is 2. The minimum Gasteiger partial charge on any atom is -0.480 e. The molecule has 6 nitrogen and oxygen atoms in total. The zero-order valence-electron chi connectivity index (χ0n) is 13.3. The van der Waals surface area contributed by atoms with Crippen molar-refractivity contribution in [3.63, 3.8) is 0 Å². The Morgan fingerprint density at radius 3 is 2.65 bits per heavy atom. The van der Waals surface area contributed by atoms with Crippen LogP contribution in [0.3, 0.4) is 0 Å². The second kappa shape index (κ2) is 10.4. The number of nitrogens with zero attached hydrogens (tertiary/aromatic N) is 1. The Morgan fingerprint density at radius 2 is 2.00 bits per heavy atom. The van der Waals surface area contributed by atoms with Crippen molar-refractivity contribution < 1.29 is 14.7 Å². The number of benzene rings is 1. The van der Waals surface area contributed by atoms with Crippen molar-refractivity contribution >= 4 is 17.6 Å². The van der Waals surface area contributed by atoms with Gasteiger partial charge in [0.15, 0.2) is 0 Å². The van der Waals surface area contributed by atoms with Gasteiger partial charge in [0.05, 0.1) is 17.7 Å². The number of anilines is 1. The summed E-state index contributed by atoms with van der Waals surface area (Å²) < 4.78 is 0. The van der Waals surface area contributed by atoms with Crippen LogP contribution in [0.5, 0.6) is 0 Å². The molecule has 0 aliphatic carbocycles. The lowest BCUT2D eigenvalue weighted by atomic mass is 10.1. The van der Waals surface area contributed by atoms with Crippen LogP contribution in [-0.4, -0.2) is 29.6 Å². The fraction of sp³-hybridized carbons (Fsp3) is 0.471. The molecule has 0 spiro atoms. The van der Waals surface area contributed by atoms with Crippen molar-refractivity contribution in [2.75, 3.05) is 11.9 Å². The predicted molar refractivity (Wildman–Crippen MR) is 88.0 cm³/mol. The highest BCUT2D eigenvalue weighted by atomic mass is 16.4. The number of carbonyl (C=O) groups excluding carboxylic acids is 1. The Kier molecular flexibility index (Phi) is 8.40. The smallest absolute Gasteiger partial charge is 0.321 e. The van der Waals surface area contributed by atoms with Gasteiger partial charge in [-0.05, 0) is 25.1 Å². The van der Waals surface area contributed by atoms with Gasteiger partial charge in [-0.2, -0.15) is 5.26 Å². The molecule has 1 aromatic carbocycles. The number of para-hydroxylation sites is 1. The third-order valence-corrected chi connectivity index (χ3v) is 3.43. The number of rotatable bonds is 10. The summed E-state index contributed by atoms with van der Waals surface area (Å²) in [7, 11) is 0. The molecule has 1 rings (SSSR count). The van der Waals surface area contributed by atoms with E-state index in [1.807, 2.05) is 6.07 Å². The van der Waals surface area contributed by atoms with E-state index in [0.717, 1.165) is 25.7 Å². The fourth-order valence-electron chi connectivity index (χ4n) is 2.15. The highest BCUT2D eigenvalue weighted by Crippen LogP contribution is 2.14.